The highest BCUT2D eigenvalue weighted by Crippen LogP contribution is 1.97. The molecule has 1 amide bonds. The fourth-order valence-electron chi connectivity index (χ4n) is 0.404. The molecule has 0 spiro atoms. The van der Waals surface area contributed by atoms with E-state index in [0.717, 1.165) is 0 Å². The Morgan fingerprint density at radius 1 is 1.90 bits per heavy atom. The maximum atomic E-state index is 10.1. The lowest BCUT2D eigenvalue weighted by Gasteiger charge is -2.04. The van der Waals surface area contributed by atoms with Crippen molar-refractivity contribution in [2.24, 2.45) is 10.9 Å². The van der Waals surface area contributed by atoms with Crippen LogP contribution in [0.5, 0.6) is 0 Å². The number of aliphatic hydroxyl groups is 1. The predicted octanol–water partition coefficient (Wildman–Crippen LogP) is -0.798. The van der Waals surface area contributed by atoms with Crippen molar-refractivity contribution in [3.63, 3.8) is 0 Å². The lowest BCUT2D eigenvalue weighted by Crippen LogP contribution is -2.15. The summed E-state index contributed by atoms with van der Waals surface area (Å²) >= 11 is 0. The first-order valence-corrected chi connectivity index (χ1v) is 2.75. The predicted molar refractivity (Wildman–Crippen MR) is 35.1 cm³/mol. The molecule has 0 aromatic carbocycles. The Morgan fingerprint density at radius 3 is 2.90 bits per heavy atom. The molecule has 0 aliphatic rings. The van der Waals surface area contributed by atoms with Crippen molar-refractivity contribution in [1.29, 1.82) is 0 Å². The van der Waals surface area contributed by atoms with Gasteiger partial charge in [0.25, 0.3) is 0 Å². The second kappa shape index (κ2) is 4.75. The van der Waals surface area contributed by atoms with E-state index in [1.54, 1.807) is 0 Å². The van der Waals surface area contributed by atoms with E-state index in [1.807, 2.05) is 0 Å². The van der Waals surface area contributed by atoms with Crippen molar-refractivity contribution in [1.82, 2.24) is 0 Å². The molecule has 0 aliphatic carbocycles. The van der Waals surface area contributed by atoms with Gasteiger partial charge in [-0.15, -0.1) is 0 Å². The van der Waals surface area contributed by atoms with E-state index in [2.05, 4.69) is 16.7 Å². The summed E-state index contributed by atoms with van der Waals surface area (Å²) in [5, 5.41) is 11.7. The van der Waals surface area contributed by atoms with Crippen LogP contribution in [0.25, 0.3) is 0 Å². The molecule has 0 aromatic rings. The molecule has 3 N–H and O–H groups in total. The van der Waals surface area contributed by atoms with Crippen LogP contribution in [0.1, 0.15) is 12.8 Å². The average molecular weight is 146 g/mol. The number of hydrogen-bond acceptors (Lipinski definition) is 4. The summed E-state index contributed by atoms with van der Waals surface area (Å²) in [5.74, 6) is -0.480. The van der Waals surface area contributed by atoms with Gasteiger partial charge in [0.1, 0.15) is 0 Å². The zero-order chi connectivity index (χ0) is 7.98. The number of amides is 1. The first kappa shape index (κ1) is 8.90. The molecule has 0 rings (SSSR count). The summed E-state index contributed by atoms with van der Waals surface area (Å²) in [6.45, 7) is 2.98. The normalized spacial score (nSPS) is 12.1. The molecule has 0 bridgehead atoms. The van der Waals surface area contributed by atoms with Gasteiger partial charge in [-0.2, -0.15) is 0 Å². The number of oxime groups is 1. The van der Waals surface area contributed by atoms with Crippen molar-refractivity contribution in [2.45, 2.75) is 19.1 Å². The molecule has 58 valence electrons. The van der Waals surface area contributed by atoms with Crippen molar-refractivity contribution in [3.05, 3.63) is 0 Å². The Morgan fingerprint density at radius 2 is 2.50 bits per heavy atom. The Bertz CT molecular complexity index is 126. The molecule has 10 heavy (non-hydrogen) atoms. The second-order valence-corrected chi connectivity index (χ2v) is 1.69. The van der Waals surface area contributed by atoms with Gasteiger partial charge in [-0.1, -0.05) is 5.16 Å². The quantitative estimate of drug-likeness (QED) is 0.302. The first-order valence-electron chi connectivity index (χ1n) is 2.75. The minimum absolute atomic E-state index is 0.0800. The highest BCUT2D eigenvalue weighted by Gasteiger charge is 2.04. The number of rotatable bonds is 5. The van der Waals surface area contributed by atoms with E-state index in [0.29, 0.717) is 0 Å². The summed E-state index contributed by atoms with van der Waals surface area (Å²) in [4.78, 5) is 14.4. The van der Waals surface area contributed by atoms with Gasteiger partial charge in [0.05, 0.1) is 0 Å². The van der Waals surface area contributed by atoms with Crippen LogP contribution in [-0.4, -0.2) is 24.0 Å². The van der Waals surface area contributed by atoms with Gasteiger partial charge in [-0.25, -0.2) is 0 Å². The minimum atomic E-state index is -1.08. The Hall–Kier alpha value is -1.10. The fraction of sp³-hybridized carbons (Fsp3) is 0.600. The molecule has 0 radical (unpaired) electrons. The van der Waals surface area contributed by atoms with E-state index >= 15 is 0 Å². The highest BCUT2D eigenvalue weighted by atomic mass is 16.7. The van der Waals surface area contributed by atoms with Crippen molar-refractivity contribution in [3.8, 4) is 0 Å². The Kier molecular flexibility index (Phi) is 4.23. The molecule has 0 saturated carbocycles. The van der Waals surface area contributed by atoms with Gasteiger partial charge >= 0.3 is 0 Å². The molecule has 0 saturated heterocycles. The molecular weight excluding hydrogens is 136 g/mol. The molecule has 0 heterocycles. The summed E-state index contributed by atoms with van der Waals surface area (Å²) in [6, 6.07) is 0. The van der Waals surface area contributed by atoms with Gasteiger partial charge in [-0.3, -0.25) is 4.79 Å². The Labute approximate surface area is 58.5 Å². The van der Waals surface area contributed by atoms with E-state index in [9.17, 15) is 4.79 Å². The average Bonchev–Trinajstić information content (AvgIpc) is 1.85. The van der Waals surface area contributed by atoms with Crippen LogP contribution in [-0.2, 0) is 9.63 Å². The zero-order valence-corrected chi connectivity index (χ0v) is 5.49. The molecule has 5 heteroatoms. The smallest absolute Gasteiger partial charge is 0.224 e. The SMILES string of the molecule is C=NOC(O)CCC(N)=O. The fourth-order valence-corrected chi connectivity index (χ4v) is 0.404. The Balaban J connectivity index is 3.29. The van der Waals surface area contributed by atoms with Crippen LogP contribution in [0, 0.1) is 0 Å². The number of primary amides is 1. The molecule has 5 nitrogen and oxygen atoms in total. The van der Waals surface area contributed by atoms with E-state index in [4.69, 9.17) is 10.8 Å². The number of hydrogen-bond donors (Lipinski definition) is 2. The summed E-state index contributed by atoms with van der Waals surface area (Å²) in [5.41, 5.74) is 4.79. The maximum absolute atomic E-state index is 10.1. The van der Waals surface area contributed by atoms with E-state index in [1.165, 1.54) is 0 Å². The lowest BCUT2D eigenvalue weighted by atomic mass is 10.3. The lowest BCUT2D eigenvalue weighted by molar-refractivity contribution is -0.125. The third-order valence-electron chi connectivity index (χ3n) is 0.834. The number of aliphatic hydroxyl groups excluding tert-OH is 1. The molecule has 0 aromatic heterocycles. The van der Waals surface area contributed by atoms with Gasteiger partial charge in [-0.05, 0) is 0 Å². The van der Waals surface area contributed by atoms with Crippen molar-refractivity contribution < 1.29 is 14.7 Å². The number of carbonyl (C=O) groups excluding carboxylic acids is 1. The summed E-state index contributed by atoms with van der Waals surface area (Å²) in [7, 11) is 0. The van der Waals surface area contributed by atoms with Crippen LogP contribution >= 0.6 is 0 Å². The van der Waals surface area contributed by atoms with Crippen molar-refractivity contribution >= 4 is 12.6 Å². The van der Waals surface area contributed by atoms with Crippen LogP contribution in [0.3, 0.4) is 0 Å². The van der Waals surface area contributed by atoms with Crippen LogP contribution in [0.2, 0.25) is 0 Å². The first-order chi connectivity index (χ1) is 4.66. The van der Waals surface area contributed by atoms with Crippen molar-refractivity contribution in [2.75, 3.05) is 0 Å². The third kappa shape index (κ3) is 5.04. The zero-order valence-electron chi connectivity index (χ0n) is 5.49. The molecule has 1 atom stereocenters. The standard InChI is InChI=1S/C5H10N2O3/c1-7-10-5(9)3-2-4(6)8/h5,9H,1-3H2,(H2,6,8). The molecule has 0 aliphatic heterocycles. The maximum Gasteiger partial charge on any atom is 0.224 e. The van der Waals surface area contributed by atoms with Gasteiger partial charge in [0.15, 0.2) is 0 Å². The van der Waals surface area contributed by atoms with E-state index in [-0.39, 0.29) is 12.8 Å². The highest BCUT2D eigenvalue weighted by molar-refractivity contribution is 5.73. The largest absolute Gasteiger partial charge is 0.370 e. The second-order valence-electron chi connectivity index (χ2n) is 1.69. The van der Waals surface area contributed by atoms with Crippen LogP contribution in [0.4, 0.5) is 0 Å². The molecular formula is C5H10N2O3. The number of nitrogens with two attached hydrogens (primary N) is 1. The molecule has 1 unspecified atom stereocenters. The van der Waals surface area contributed by atoms with E-state index < -0.39 is 12.2 Å². The summed E-state index contributed by atoms with van der Waals surface area (Å²) < 4.78 is 0. The topological polar surface area (TPSA) is 84.9 Å². The minimum Gasteiger partial charge on any atom is -0.370 e. The van der Waals surface area contributed by atoms with Gasteiger partial charge in [0.2, 0.25) is 12.2 Å². The van der Waals surface area contributed by atoms with Crippen LogP contribution in [0.15, 0.2) is 5.16 Å². The molecule has 0 fully saturated rings. The summed E-state index contributed by atoms with van der Waals surface area (Å²) in [6.07, 6.45) is -0.851. The number of nitrogens with zero attached hydrogens (tertiary/aromatic N) is 1. The van der Waals surface area contributed by atoms with Gasteiger partial charge < -0.3 is 15.7 Å². The third-order valence-corrected chi connectivity index (χ3v) is 0.834. The van der Waals surface area contributed by atoms with Crippen LogP contribution < -0.4 is 5.73 Å². The monoisotopic (exact) mass is 146 g/mol. The van der Waals surface area contributed by atoms with Gasteiger partial charge in [0, 0.05) is 19.6 Å². The number of carbonyl (C=O) groups is 1.